The highest BCUT2D eigenvalue weighted by atomic mass is 16.2. The molecule has 2 rings (SSSR count). The van der Waals surface area contributed by atoms with Gasteiger partial charge in [-0.2, -0.15) is 4.99 Å². The number of carbonyl (C=O) groups is 2. The van der Waals surface area contributed by atoms with Crippen molar-refractivity contribution in [3.8, 4) is 0 Å². The second-order valence-electron chi connectivity index (χ2n) is 5.09. The van der Waals surface area contributed by atoms with Gasteiger partial charge in [0, 0.05) is 12.5 Å². The molecule has 2 aliphatic rings. The summed E-state index contributed by atoms with van der Waals surface area (Å²) in [7, 11) is 0. The van der Waals surface area contributed by atoms with Crippen molar-refractivity contribution in [1.29, 1.82) is 0 Å². The number of nitrogens with zero attached hydrogens (tertiary/aromatic N) is 1. The molecule has 2 atom stereocenters. The standard InChI is InChI=1S/C12H19N3O2/c1-7(2)9-11(16)14-10(15-12(9)17)8-4-3-5-13-6-8/h7-9,13H,3-6H2,1-2H3,(H,14,15,16,17). The van der Waals surface area contributed by atoms with E-state index in [4.69, 9.17) is 0 Å². The minimum absolute atomic E-state index is 0.00252. The lowest BCUT2D eigenvalue weighted by molar-refractivity contribution is -0.135. The molecule has 0 spiro atoms. The zero-order valence-electron chi connectivity index (χ0n) is 10.3. The molecule has 0 aromatic heterocycles. The zero-order valence-corrected chi connectivity index (χ0v) is 10.3. The SMILES string of the molecule is CC(C)C1C(=O)N=C(C2CCCNC2)NC1=O. The van der Waals surface area contributed by atoms with Gasteiger partial charge in [-0.3, -0.25) is 9.59 Å². The van der Waals surface area contributed by atoms with Crippen LogP contribution in [0.1, 0.15) is 26.7 Å². The van der Waals surface area contributed by atoms with Crippen LogP contribution >= 0.6 is 0 Å². The average Bonchev–Trinajstić information content (AvgIpc) is 2.28. The Morgan fingerprint density at radius 3 is 2.65 bits per heavy atom. The molecule has 0 aliphatic carbocycles. The van der Waals surface area contributed by atoms with Crippen molar-refractivity contribution in [2.24, 2.45) is 22.7 Å². The number of rotatable bonds is 2. The van der Waals surface area contributed by atoms with Crippen LogP contribution in [0.5, 0.6) is 0 Å². The van der Waals surface area contributed by atoms with Crippen LogP contribution in [0.15, 0.2) is 4.99 Å². The molecule has 1 fully saturated rings. The number of amidine groups is 1. The first-order chi connectivity index (χ1) is 8.09. The maximum Gasteiger partial charge on any atom is 0.260 e. The highest BCUT2D eigenvalue weighted by Gasteiger charge is 2.36. The van der Waals surface area contributed by atoms with Gasteiger partial charge in [-0.15, -0.1) is 0 Å². The van der Waals surface area contributed by atoms with Gasteiger partial charge in [-0.05, 0) is 25.3 Å². The van der Waals surface area contributed by atoms with Crippen molar-refractivity contribution in [3.63, 3.8) is 0 Å². The fourth-order valence-corrected chi connectivity index (χ4v) is 2.40. The molecule has 0 radical (unpaired) electrons. The predicted octanol–water partition coefficient (Wildman–Crippen LogP) is 0.313. The Morgan fingerprint density at radius 1 is 1.35 bits per heavy atom. The first-order valence-corrected chi connectivity index (χ1v) is 6.23. The Bertz CT molecular complexity index is 357. The third-order valence-corrected chi connectivity index (χ3v) is 3.38. The van der Waals surface area contributed by atoms with Crippen LogP contribution in [0.3, 0.4) is 0 Å². The lowest BCUT2D eigenvalue weighted by atomic mass is 9.91. The van der Waals surface area contributed by atoms with Crippen LogP contribution in [0.25, 0.3) is 0 Å². The molecular weight excluding hydrogens is 218 g/mol. The summed E-state index contributed by atoms with van der Waals surface area (Å²) >= 11 is 0. The summed E-state index contributed by atoms with van der Waals surface area (Å²) in [5, 5.41) is 6.05. The third-order valence-electron chi connectivity index (χ3n) is 3.38. The summed E-state index contributed by atoms with van der Waals surface area (Å²) < 4.78 is 0. The summed E-state index contributed by atoms with van der Waals surface area (Å²) in [4.78, 5) is 27.8. The number of carbonyl (C=O) groups excluding carboxylic acids is 2. The molecule has 17 heavy (non-hydrogen) atoms. The molecule has 0 aromatic rings. The summed E-state index contributed by atoms with van der Waals surface area (Å²) in [5.74, 6) is -0.369. The molecule has 2 unspecified atom stereocenters. The van der Waals surface area contributed by atoms with Crippen LogP contribution in [0, 0.1) is 17.8 Å². The molecule has 2 heterocycles. The van der Waals surface area contributed by atoms with Crippen LogP contribution in [-0.4, -0.2) is 30.7 Å². The molecule has 0 bridgehead atoms. The Morgan fingerprint density at radius 2 is 2.12 bits per heavy atom. The van der Waals surface area contributed by atoms with Gasteiger partial charge in [0.1, 0.15) is 11.8 Å². The van der Waals surface area contributed by atoms with Gasteiger partial charge in [0.25, 0.3) is 5.91 Å². The largest absolute Gasteiger partial charge is 0.316 e. The Labute approximate surface area is 101 Å². The average molecular weight is 237 g/mol. The van der Waals surface area contributed by atoms with E-state index in [-0.39, 0.29) is 23.7 Å². The number of hydrogen-bond donors (Lipinski definition) is 2. The fourth-order valence-electron chi connectivity index (χ4n) is 2.40. The van der Waals surface area contributed by atoms with E-state index in [1.54, 1.807) is 0 Å². The number of piperidine rings is 1. The quantitative estimate of drug-likeness (QED) is 0.679. The molecule has 2 N–H and O–H groups in total. The second kappa shape index (κ2) is 4.96. The molecule has 1 saturated heterocycles. The third kappa shape index (κ3) is 2.54. The van der Waals surface area contributed by atoms with Crippen LogP contribution in [0.2, 0.25) is 0 Å². The molecule has 2 aliphatic heterocycles. The minimum atomic E-state index is -0.615. The summed E-state index contributed by atoms with van der Waals surface area (Å²) in [6.45, 7) is 5.52. The monoisotopic (exact) mass is 237 g/mol. The number of hydrogen-bond acceptors (Lipinski definition) is 3. The van der Waals surface area contributed by atoms with E-state index in [0.717, 1.165) is 25.9 Å². The second-order valence-corrected chi connectivity index (χ2v) is 5.09. The Kier molecular flexibility index (Phi) is 3.57. The molecule has 94 valence electrons. The molecular formula is C12H19N3O2. The van der Waals surface area contributed by atoms with Gasteiger partial charge in [0.15, 0.2) is 0 Å². The number of aliphatic imine (C=N–C) groups is 1. The zero-order chi connectivity index (χ0) is 12.4. The van der Waals surface area contributed by atoms with E-state index in [1.807, 2.05) is 13.8 Å². The van der Waals surface area contributed by atoms with Gasteiger partial charge < -0.3 is 10.6 Å². The van der Waals surface area contributed by atoms with Crippen LogP contribution in [-0.2, 0) is 9.59 Å². The van der Waals surface area contributed by atoms with Gasteiger partial charge in [-0.25, -0.2) is 0 Å². The van der Waals surface area contributed by atoms with Gasteiger partial charge in [0.2, 0.25) is 5.91 Å². The number of amides is 2. The van der Waals surface area contributed by atoms with Crippen molar-refractivity contribution in [2.75, 3.05) is 13.1 Å². The number of nitrogens with one attached hydrogen (secondary N) is 2. The predicted molar refractivity (Wildman–Crippen MR) is 64.5 cm³/mol. The fraction of sp³-hybridized carbons (Fsp3) is 0.750. The van der Waals surface area contributed by atoms with Gasteiger partial charge in [0.05, 0.1) is 0 Å². The molecule has 5 heteroatoms. The lowest BCUT2D eigenvalue weighted by Gasteiger charge is -2.29. The normalized spacial score (nSPS) is 30.2. The van der Waals surface area contributed by atoms with Crippen LogP contribution < -0.4 is 10.6 Å². The lowest BCUT2D eigenvalue weighted by Crippen LogP contribution is -2.51. The van der Waals surface area contributed by atoms with E-state index in [9.17, 15) is 9.59 Å². The first kappa shape index (κ1) is 12.2. The molecule has 0 saturated carbocycles. The van der Waals surface area contributed by atoms with Crippen molar-refractivity contribution < 1.29 is 9.59 Å². The Hall–Kier alpha value is -1.23. The minimum Gasteiger partial charge on any atom is -0.316 e. The van der Waals surface area contributed by atoms with Crippen LogP contribution in [0.4, 0.5) is 0 Å². The van der Waals surface area contributed by atoms with E-state index >= 15 is 0 Å². The van der Waals surface area contributed by atoms with Crippen molar-refractivity contribution in [2.45, 2.75) is 26.7 Å². The van der Waals surface area contributed by atoms with Gasteiger partial charge >= 0.3 is 0 Å². The molecule has 2 amide bonds. The van der Waals surface area contributed by atoms with E-state index in [1.165, 1.54) is 0 Å². The summed E-state index contributed by atoms with van der Waals surface area (Å²) in [6.07, 6.45) is 2.03. The Balaban J connectivity index is 2.13. The molecule has 5 nitrogen and oxygen atoms in total. The highest BCUT2D eigenvalue weighted by molar-refractivity contribution is 6.16. The topological polar surface area (TPSA) is 70.6 Å². The maximum atomic E-state index is 11.9. The van der Waals surface area contributed by atoms with Crippen molar-refractivity contribution in [1.82, 2.24) is 10.6 Å². The first-order valence-electron chi connectivity index (χ1n) is 6.23. The maximum absolute atomic E-state index is 11.9. The van der Waals surface area contributed by atoms with Gasteiger partial charge in [-0.1, -0.05) is 13.8 Å². The summed E-state index contributed by atoms with van der Waals surface area (Å²) in [5.41, 5.74) is 0. The molecule has 0 aromatic carbocycles. The van der Waals surface area contributed by atoms with Crippen molar-refractivity contribution >= 4 is 17.6 Å². The summed E-state index contributed by atoms with van der Waals surface area (Å²) in [6, 6.07) is 0. The van der Waals surface area contributed by atoms with E-state index in [2.05, 4.69) is 15.6 Å². The highest BCUT2D eigenvalue weighted by Crippen LogP contribution is 2.19. The van der Waals surface area contributed by atoms with E-state index < -0.39 is 5.92 Å². The smallest absolute Gasteiger partial charge is 0.260 e. The van der Waals surface area contributed by atoms with E-state index in [0.29, 0.717) is 5.84 Å². The van der Waals surface area contributed by atoms with Crippen molar-refractivity contribution in [3.05, 3.63) is 0 Å².